The van der Waals surface area contributed by atoms with E-state index in [0.29, 0.717) is 12.6 Å². The Hall–Kier alpha value is -1.35. The molecule has 0 saturated heterocycles. The van der Waals surface area contributed by atoms with Gasteiger partial charge >= 0.3 is 0 Å². The number of carbonyl (C=O) groups excluding carboxylic acids is 1. The van der Waals surface area contributed by atoms with Crippen molar-refractivity contribution in [2.24, 2.45) is 0 Å². The highest BCUT2D eigenvalue weighted by Crippen LogP contribution is 2.26. The summed E-state index contributed by atoms with van der Waals surface area (Å²) < 4.78 is 0.802. The van der Waals surface area contributed by atoms with Crippen LogP contribution in [0.1, 0.15) is 36.8 Å². The lowest BCUT2D eigenvalue weighted by molar-refractivity contribution is -0.906. The van der Waals surface area contributed by atoms with E-state index >= 15 is 0 Å². The molecular weight excluding hydrogens is 248 g/mol. The first-order chi connectivity index (χ1) is 9.37. The summed E-state index contributed by atoms with van der Waals surface area (Å²) in [5.41, 5.74) is 3.29. The smallest absolute Gasteiger partial charge is 0.279 e. The largest absolute Gasteiger partial charge is 0.321 e. The molecule has 1 fully saturated rings. The van der Waals surface area contributed by atoms with E-state index in [4.69, 9.17) is 0 Å². The Balaban J connectivity index is 1.97. The van der Waals surface area contributed by atoms with Crippen molar-refractivity contribution >= 4 is 11.6 Å². The second-order valence-electron chi connectivity index (χ2n) is 6.80. The molecule has 1 aliphatic carbocycles. The zero-order valence-corrected chi connectivity index (χ0v) is 13.2. The molecule has 1 aromatic carbocycles. The monoisotopic (exact) mass is 275 g/mol. The molecule has 0 radical (unpaired) electrons. The predicted molar refractivity (Wildman–Crippen MR) is 83.8 cm³/mol. The van der Waals surface area contributed by atoms with E-state index in [1.54, 1.807) is 0 Å². The van der Waals surface area contributed by atoms with Crippen molar-refractivity contribution in [1.82, 2.24) is 0 Å². The Morgan fingerprint density at radius 2 is 1.70 bits per heavy atom. The Bertz CT molecular complexity index is 468. The molecule has 0 unspecified atom stereocenters. The number of quaternary nitrogens is 1. The topological polar surface area (TPSA) is 29.1 Å². The maximum absolute atomic E-state index is 12.3. The molecule has 2 rings (SSSR count). The van der Waals surface area contributed by atoms with Gasteiger partial charge in [0.2, 0.25) is 0 Å². The molecule has 1 amide bonds. The number of amides is 1. The van der Waals surface area contributed by atoms with Gasteiger partial charge in [-0.05, 0) is 62.8 Å². The molecular formula is C17H27N2O+. The first-order valence-electron chi connectivity index (χ1n) is 7.58. The molecule has 0 heterocycles. The van der Waals surface area contributed by atoms with E-state index in [2.05, 4.69) is 39.3 Å². The van der Waals surface area contributed by atoms with Gasteiger partial charge in [-0.2, -0.15) is 0 Å². The van der Waals surface area contributed by atoms with Gasteiger partial charge in [-0.3, -0.25) is 4.79 Å². The van der Waals surface area contributed by atoms with Crippen LogP contribution in [0.2, 0.25) is 0 Å². The third kappa shape index (κ3) is 3.83. The molecule has 1 N–H and O–H groups in total. The average Bonchev–Trinajstić information content (AvgIpc) is 2.79. The maximum atomic E-state index is 12.3. The number of nitrogens with one attached hydrogen (secondary N) is 1. The third-order valence-corrected chi connectivity index (χ3v) is 4.37. The van der Waals surface area contributed by atoms with Crippen molar-refractivity contribution in [3.05, 3.63) is 29.3 Å². The summed E-state index contributed by atoms with van der Waals surface area (Å²) in [5, 5.41) is 3.05. The van der Waals surface area contributed by atoms with E-state index in [9.17, 15) is 4.79 Å². The summed E-state index contributed by atoms with van der Waals surface area (Å²) in [7, 11) is 4.36. The number of nitrogens with zero attached hydrogens (tertiary/aromatic N) is 1. The first-order valence-corrected chi connectivity index (χ1v) is 7.58. The molecule has 1 aliphatic rings. The summed E-state index contributed by atoms with van der Waals surface area (Å²) in [4.78, 5) is 12.3. The summed E-state index contributed by atoms with van der Waals surface area (Å²) in [5.74, 6) is 0.118. The van der Waals surface area contributed by atoms with E-state index in [1.165, 1.54) is 36.8 Å². The number of aryl methyl sites for hydroxylation is 2. The molecule has 0 aromatic heterocycles. The van der Waals surface area contributed by atoms with Gasteiger partial charge in [-0.1, -0.05) is 6.07 Å². The Kier molecular flexibility index (Phi) is 4.48. The fourth-order valence-electron chi connectivity index (χ4n) is 3.35. The van der Waals surface area contributed by atoms with Crippen molar-refractivity contribution in [3.8, 4) is 0 Å². The van der Waals surface area contributed by atoms with Crippen LogP contribution >= 0.6 is 0 Å². The second kappa shape index (κ2) is 5.96. The number of hydrogen-bond donors (Lipinski definition) is 1. The van der Waals surface area contributed by atoms with Crippen LogP contribution in [0.4, 0.5) is 5.69 Å². The maximum Gasteiger partial charge on any atom is 0.279 e. The Morgan fingerprint density at radius 3 is 2.25 bits per heavy atom. The number of likely N-dealkylation sites (N-methyl/N-ethyl adjacent to an activating group) is 1. The quantitative estimate of drug-likeness (QED) is 0.840. The molecule has 3 nitrogen and oxygen atoms in total. The Labute approximate surface area is 122 Å². The molecule has 20 heavy (non-hydrogen) atoms. The summed E-state index contributed by atoms with van der Waals surface area (Å²) in [6.07, 6.45) is 5.13. The van der Waals surface area contributed by atoms with Crippen LogP contribution in [0.25, 0.3) is 0 Å². The van der Waals surface area contributed by atoms with Crippen molar-refractivity contribution in [2.45, 2.75) is 45.6 Å². The minimum atomic E-state index is 0.118. The van der Waals surface area contributed by atoms with Gasteiger partial charge in [-0.25, -0.2) is 0 Å². The van der Waals surface area contributed by atoms with E-state index in [-0.39, 0.29) is 5.91 Å². The van der Waals surface area contributed by atoms with Crippen LogP contribution in [-0.4, -0.2) is 37.1 Å². The lowest BCUT2D eigenvalue weighted by atomic mass is 10.1. The van der Waals surface area contributed by atoms with Gasteiger partial charge in [0.15, 0.2) is 6.54 Å². The minimum absolute atomic E-state index is 0.118. The number of carbonyl (C=O) groups is 1. The van der Waals surface area contributed by atoms with Gasteiger partial charge in [0.05, 0.1) is 20.1 Å². The number of hydrogen-bond acceptors (Lipinski definition) is 1. The highest BCUT2D eigenvalue weighted by Gasteiger charge is 2.32. The standard InChI is InChI=1S/C17H26N2O/c1-13-9-14(2)11-15(10-13)18-17(20)12-19(3,4)16-7-5-6-8-16/h9-11,16H,5-8,12H2,1-4H3/p+1. The van der Waals surface area contributed by atoms with Crippen LogP contribution in [-0.2, 0) is 4.79 Å². The van der Waals surface area contributed by atoms with E-state index in [1.807, 2.05) is 12.1 Å². The van der Waals surface area contributed by atoms with Gasteiger partial charge in [0.25, 0.3) is 5.91 Å². The van der Waals surface area contributed by atoms with Crippen molar-refractivity contribution in [3.63, 3.8) is 0 Å². The molecule has 0 aliphatic heterocycles. The van der Waals surface area contributed by atoms with Crippen LogP contribution in [0, 0.1) is 13.8 Å². The fraction of sp³-hybridized carbons (Fsp3) is 0.588. The Morgan fingerprint density at radius 1 is 1.15 bits per heavy atom. The molecule has 0 atom stereocenters. The fourth-order valence-corrected chi connectivity index (χ4v) is 3.35. The van der Waals surface area contributed by atoms with Crippen LogP contribution in [0.15, 0.2) is 18.2 Å². The number of benzene rings is 1. The molecule has 0 bridgehead atoms. The molecule has 1 saturated carbocycles. The predicted octanol–water partition coefficient (Wildman–Crippen LogP) is 3.26. The van der Waals surface area contributed by atoms with E-state index < -0.39 is 0 Å². The lowest BCUT2D eigenvalue weighted by Gasteiger charge is -2.35. The summed E-state index contributed by atoms with van der Waals surface area (Å²) in [6, 6.07) is 6.81. The SMILES string of the molecule is Cc1cc(C)cc(NC(=O)C[N+](C)(C)C2CCCC2)c1. The van der Waals surface area contributed by atoms with Crippen LogP contribution < -0.4 is 5.32 Å². The second-order valence-corrected chi connectivity index (χ2v) is 6.80. The van der Waals surface area contributed by atoms with Crippen molar-refractivity contribution in [1.29, 1.82) is 0 Å². The average molecular weight is 275 g/mol. The van der Waals surface area contributed by atoms with Crippen LogP contribution in [0.5, 0.6) is 0 Å². The van der Waals surface area contributed by atoms with Gasteiger partial charge in [0.1, 0.15) is 0 Å². The van der Waals surface area contributed by atoms with E-state index in [0.717, 1.165) is 10.2 Å². The number of anilines is 1. The zero-order chi connectivity index (χ0) is 14.8. The van der Waals surface area contributed by atoms with Crippen LogP contribution in [0.3, 0.4) is 0 Å². The zero-order valence-electron chi connectivity index (χ0n) is 13.2. The number of rotatable bonds is 4. The highest BCUT2D eigenvalue weighted by atomic mass is 16.2. The lowest BCUT2D eigenvalue weighted by Crippen LogP contribution is -2.51. The van der Waals surface area contributed by atoms with Gasteiger partial charge < -0.3 is 9.80 Å². The van der Waals surface area contributed by atoms with Gasteiger partial charge in [0, 0.05) is 5.69 Å². The molecule has 1 aromatic rings. The first kappa shape index (κ1) is 15.0. The summed E-state index contributed by atoms with van der Waals surface area (Å²) >= 11 is 0. The van der Waals surface area contributed by atoms with Crippen molar-refractivity contribution in [2.75, 3.05) is 26.0 Å². The normalized spacial score (nSPS) is 16.4. The highest BCUT2D eigenvalue weighted by molar-refractivity contribution is 5.91. The molecule has 3 heteroatoms. The van der Waals surface area contributed by atoms with Gasteiger partial charge in [-0.15, -0.1) is 0 Å². The third-order valence-electron chi connectivity index (χ3n) is 4.37. The minimum Gasteiger partial charge on any atom is -0.321 e. The summed E-state index contributed by atoms with van der Waals surface area (Å²) in [6.45, 7) is 4.67. The van der Waals surface area contributed by atoms with Crippen molar-refractivity contribution < 1.29 is 9.28 Å². The molecule has 110 valence electrons. The molecule has 0 spiro atoms.